The van der Waals surface area contributed by atoms with Crippen molar-refractivity contribution in [2.75, 3.05) is 0 Å². The SMILES string of the molecule is N#Cc1cc(-n2c3ccccc3c3cc(-n4c5ccccc5c5cc(C#N)ccc54)ccc32)c2sc3ccccc3c2c1. The molecule has 0 aliphatic carbocycles. The fraction of sp³-hybridized carbons (Fsp3) is 0. The smallest absolute Gasteiger partial charge is 0.0992 e. The molecule has 0 aliphatic rings. The molecule has 0 N–H and O–H groups in total. The molecule has 0 radical (unpaired) electrons. The zero-order valence-corrected chi connectivity index (χ0v) is 23.6. The van der Waals surface area contributed by atoms with Gasteiger partial charge in [0.15, 0.2) is 0 Å². The summed E-state index contributed by atoms with van der Waals surface area (Å²) in [7, 11) is 0. The highest BCUT2D eigenvalue weighted by Crippen LogP contribution is 2.42. The zero-order valence-electron chi connectivity index (χ0n) is 22.7. The van der Waals surface area contributed by atoms with Gasteiger partial charge in [-0.3, -0.25) is 0 Å². The van der Waals surface area contributed by atoms with Crippen LogP contribution >= 0.6 is 11.3 Å². The summed E-state index contributed by atoms with van der Waals surface area (Å²) >= 11 is 1.77. The summed E-state index contributed by atoms with van der Waals surface area (Å²) in [6.07, 6.45) is 0. The molecule has 3 aromatic heterocycles. The van der Waals surface area contributed by atoms with Crippen LogP contribution in [0.2, 0.25) is 0 Å². The Morgan fingerprint density at radius 3 is 1.81 bits per heavy atom. The van der Waals surface area contributed by atoms with E-state index in [1.54, 1.807) is 11.3 Å². The number of rotatable bonds is 2. The Balaban J connectivity index is 1.38. The molecule has 0 spiro atoms. The molecule has 0 unspecified atom stereocenters. The largest absolute Gasteiger partial charge is 0.309 e. The number of benzene rings is 6. The van der Waals surface area contributed by atoms with Crippen LogP contribution in [0.15, 0.2) is 121 Å². The van der Waals surface area contributed by atoms with Crippen LogP contribution in [0, 0.1) is 22.7 Å². The number of nitriles is 2. The van der Waals surface area contributed by atoms with Gasteiger partial charge in [0.2, 0.25) is 0 Å². The van der Waals surface area contributed by atoms with Gasteiger partial charge in [-0.25, -0.2) is 0 Å². The molecule has 0 bridgehead atoms. The zero-order chi connectivity index (χ0) is 28.7. The van der Waals surface area contributed by atoms with E-state index >= 15 is 0 Å². The summed E-state index contributed by atoms with van der Waals surface area (Å²) in [5.74, 6) is 0. The van der Waals surface area contributed by atoms with E-state index in [2.05, 4.69) is 106 Å². The Morgan fingerprint density at radius 1 is 0.465 bits per heavy atom. The Hall–Kier alpha value is -5.88. The summed E-state index contributed by atoms with van der Waals surface area (Å²) in [6.45, 7) is 0. The molecule has 3 heterocycles. The highest BCUT2D eigenvalue weighted by Gasteiger charge is 2.19. The van der Waals surface area contributed by atoms with Gasteiger partial charge in [-0.15, -0.1) is 11.3 Å². The first kappa shape index (κ1) is 23.8. The van der Waals surface area contributed by atoms with Crippen molar-refractivity contribution in [3.8, 4) is 23.5 Å². The summed E-state index contributed by atoms with van der Waals surface area (Å²) in [5.41, 5.74) is 7.74. The molecule has 0 saturated carbocycles. The van der Waals surface area contributed by atoms with Crippen LogP contribution in [0.3, 0.4) is 0 Å². The van der Waals surface area contributed by atoms with Crippen LogP contribution < -0.4 is 0 Å². The molecule has 0 saturated heterocycles. The van der Waals surface area contributed by atoms with Gasteiger partial charge in [0.25, 0.3) is 0 Å². The van der Waals surface area contributed by atoms with Crippen LogP contribution in [0.5, 0.6) is 0 Å². The van der Waals surface area contributed by atoms with Crippen LogP contribution in [-0.2, 0) is 0 Å². The van der Waals surface area contributed by atoms with E-state index in [9.17, 15) is 10.5 Å². The second-order valence-electron chi connectivity index (χ2n) is 10.8. The van der Waals surface area contributed by atoms with Crippen LogP contribution in [-0.4, -0.2) is 9.13 Å². The minimum Gasteiger partial charge on any atom is -0.309 e. The standard InChI is InChI=1S/C38H20N4S/c39-21-23-13-15-34-29(17-23)26-7-1-4-10-32(26)41(34)25-14-16-35-30(20-25)27-8-2-5-11-33(27)42(35)36-19-24(22-40)18-31-28-9-3-6-12-37(28)43-38(31)36/h1-20H. The second kappa shape index (κ2) is 8.81. The van der Waals surface area contributed by atoms with Crippen molar-refractivity contribution < 1.29 is 0 Å². The number of thiophene rings is 1. The van der Waals surface area contributed by atoms with Crippen molar-refractivity contribution in [3.63, 3.8) is 0 Å². The Morgan fingerprint density at radius 2 is 1.05 bits per heavy atom. The fourth-order valence-corrected chi connectivity index (χ4v) is 7.91. The molecule has 43 heavy (non-hydrogen) atoms. The van der Waals surface area contributed by atoms with Gasteiger partial charge >= 0.3 is 0 Å². The Bertz CT molecular complexity index is 2710. The first-order chi connectivity index (χ1) is 21.2. The minimum absolute atomic E-state index is 0.649. The summed E-state index contributed by atoms with van der Waals surface area (Å²) < 4.78 is 6.99. The van der Waals surface area contributed by atoms with Gasteiger partial charge in [-0.1, -0.05) is 54.6 Å². The molecule has 9 aromatic rings. The molecule has 9 rings (SSSR count). The quantitative estimate of drug-likeness (QED) is 0.210. The van der Waals surface area contributed by atoms with Crippen molar-refractivity contribution in [3.05, 3.63) is 132 Å². The topological polar surface area (TPSA) is 57.4 Å². The summed E-state index contributed by atoms with van der Waals surface area (Å²) in [6, 6.07) is 46.6. The maximum absolute atomic E-state index is 10.0. The third-order valence-corrected chi connectivity index (χ3v) is 9.75. The van der Waals surface area contributed by atoms with Crippen molar-refractivity contribution in [2.24, 2.45) is 0 Å². The van der Waals surface area contributed by atoms with E-state index in [1.165, 1.54) is 14.8 Å². The van der Waals surface area contributed by atoms with Crippen molar-refractivity contribution in [1.29, 1.82) is 10.5 Å². The first-order valence-corrected chi connectivity index (χ1v) is 14.9. The Kier molecular flexibility index (Phi) is 4.87. The van der Waals surface area contributed by atoms with Gasteiger partial charge < -0.3 is 9.13 Å². The molecular formula is C38H20N4S. The van der Waals surface area contributed by atoms with Gasteiger partial charge in [-0.2, -0.15) is 10.5 Å². The Labute approximate surface area is 250 Å². The highest BCUT2D eigenvalue weighted by atomic mass is 32.1. The normalized spacial score (nSPS) is 11.7. The molecule has 5 heteroatoms. The molecule has 0 fully saturated rings. The number of hydrogen-bond donors (Lipinski definition) is 0. The van der Waals surface area contributed by atoms with E-state index in [0.717, 1.165) is 60.4 Å². The molecule has 198 valence electrons. The number of hydrogen-bond acceptors (Lipinski definition) is 3. The van der Waals surface area contributed by atoms with Crippen molar-refractivity contribution in [1.82, 2.24) is 9.13 Å². The lowest BCUT2D eigenvalue weighted by atomic mass is 10.1. The van der Waals surface area contributed by atoms with Gasteiger partial charge in [0.05, 0.1) is 55.7 Å². The monoisotopic (exact) mass is 564 g/mol. The van der Waals surface area contributed by atoms with E-state index in [4.69, 9.17) is 0 Å². The third-order valence-electron chi connectivity index (χ3n) is 8.54. The minimum atomic E-state index is 0.649. The molecule has 0 amide bonds. The average molecular weight is 565 g/mol. The van der Waals surface area contributed by atoms with Gasteiger partial charge in [0, 0.05) is 42.7 Å². The van der Waals surface area contributed by atoms with E-state index in [-0.39, 0.29) is 0 Å². The predicted octanol–water partition coefficient (Wildman–Crippen LogP) is 9.99. The summed E-state index contributed by atoms with van der Waals surface area (Å²) in [5, 5.41) is 26.4. The molecular weight excluding hydrogens is 545 g/mol. The van der Waals surface area contributed by atoms with Gasteiger partial charge in [0.1, 0.15) is 0 Å². The van der Waals surface area contributed by atoms with E-state index < -0.39 is 0 Å². The lowest BCUT2D eigenvalue weighted by Crippen LogP contribution is -1.96. The van der Waals surface area contributed by atoms with Crippen LogP contribution in [0.4, 0.5) is 0 Å². The molecule has 4 nitrogen and oxygen atoms in total. The number of para-hydroxylation sites is 2. The maximum Gasteiger partial charge on any atom is 0.0992 e. The average Bonchev–Trinajstić information content (AvgIpc) is 3.71. The lowest BCUT2D eigenvalue weighted by Gasteiger charge is -2.11. The van der Waals surface area contributed by atoms with Crippen molar-refractivity contribution >= 4 is 75.1 Å². The highest BCUT2D eigenvalue weighted by molar-refractivity contribution is 7.26. The second-order valence-corrected chi connectivity index (χ2v) is 11.9. The molecule has 0 aliphatic heterocycles. The van der Waals surface area contributed by atoms with Crippen LogP contribution in [0.1, 0.15) is 11.1 Å². The van der Waals surface area contributed by atoms with Crippen LogP contribution in [0.25, 0.3) is 75.2 Å². The first-order valence-electron chi connectivity index (χ1n) is 14.1. The third kappa shape index (κ3) is 3.29. The summed E-state index contributed by atoms with van der Waals surface area (Å²) in [4.78, 5) is 0. The molecule has 0 atom stereocenters. The predicted molar refractivity (Wildman–Crippen MR) is 177 cm³/mol. The number of nitrogens with zero attached hydrogens (tertiary/aromatic N) is 4. The van der Waals surface area contributed by atoms with E-state index in [0.29, 0.717) is 11.1 Å². The number of aromatic nitrogens is 2. The maximum atomic E-state index is 10.0. The fourth-order valence-electron chi connectivity index (χ4n) is 6.72. The van der Waals surface area contributed by atoms with E-state index in [1.807, 2.05) is 36.4 Å². The molecule has 6 aromatic carbocycles. The lowest BCUT2D eigenvalue weighted by molar-refractivity contribution is 1.17. The van der Waals surface area contributed by atoms with Crippen molar-refractivity contribution in [2.45, 2.75) is 0 Å². The van der Waals surface area contributed by atoms with Gasteiger partial charge in [-0.05, 0) is 66.7 Å². The number of fused-ring (bicyclic) bond motifs is 9.